The molecular formula is C21H29N5O3. The Bertz CT molecular complexity index is 828. The van der Waals surface area contributed by atoms with Crippen LogP contribution in [0.2, 0.25) is 0 Å². The van der Waals surface area contributed by atoms with Gasteiger partial charge in [-0.15, -0.1) is 0 Å². The van der Waals surface area contributed by atoms with Gasteiger partial charge in [-0.25, -0.2) is 4.98 Å². The fourth-order valence-electron chi connectivity index (χ4n) is 4.27. The molecule has 2 aliphatic rings. The predicted molar refractivity (Wildman–Crippen MR) is 110 cm³/mol. The number of H-pyrrole nitrogens is 1. The highest BCUT2D eigenvalue weighted by molar-refractivity contribution is 5.94. The first kappa shape index (κ1) is 19.8. The van der Waals surface area contributed by atoms with Crippen LogP contribution >= 0.6 is 0 Å². The standard InChI is InChI=1S/C21H29N5O3/c1-2-7-26(21(28)19-23-17-5-3-4-6-18(17)24-19)16-12-15(13-22-14-16)20(27)25-8-10-29-11-9-25/h3-6,15-16,22H,2,7-14H2,1H3,(H,23,24)/t15-,16+/m1/s1. The summed E-state index contributed by atoms with van der Waals surface area (Å²) in [6.45, 7) is 6.55. The van der Waals surface area contributed by atoms with Crippen LogP contribution in [0.4, 0.5) is 0 Å². The van der Waals surface area contributed by atoms with Gasteiger partial charge in [-0.1, -0.05) is 19.1 Å². The quantitative estimate of drug-likeness (QED) is 0.790. The Morgan fingerprint density at radius 3 is 2.79 bits per heavy atom. The first-order valence-electron chi connectivity index (χ1n) is 10.5. The molecule has 29 heavy (non-hydrogen) atoms. The third-order valence-electron chi connectivity index (χ3n) is 5.76. The molecule has 1 aromatic carbocycles. The lowest BCUT2D eigenvalue weighted by molar-refractivity contribution is -0.140. The van der Waals surface area contributed by atoms with Crippen molar-refractivity contribution in [1.82, 2.24) is 25.1 Å². The van der Waals surface area contributed by atoms with E-state index in [1.54, 1.807) is 0 Å². The minimum atomic E-state index is -0.116. The first-order valence-corrected chi connectivity index (χ1v) is 10.5. The van der Waals surface area contributed by atoms with Gasteiger partial charge in [-0.05, 0) is 25.0 Å². The second kappa shape index (κ2) is 8.92. The van der Waals surface area contributed by atoms with Crippen molar-refractivity contribution in [3.05, 3.63) is 30.1 Å². The molecule has 2 N–H and O–H groups in total. The number of nitrogens with one attached hydrogen (secondary N) is 2. The predicted octanol–water partition coefficient (Wildman–Crippen LogP) is 1.25. The highest BCUT2D eigenvalue weighted by Crippen LogP contribution is 2.21. The minimum absolute atomic E-state index is 0.0283. The lowest BCUT2D eigenvalue weighted by Gasteiger charge is -2.39. The van der Waals surface area contributed by atoms with Gasteiger partial charge >= 0.3 is 0 Å². The van der Waals surface area contributed by atoms with Crippen LogP contribution in [0.3, 0.4) is 0 Å². The van der Waals surface area contributed by atoms with Crippen LogP contribution in [0.5, 0.6) is 0 Å². The number of nitrogens with zero attached hydrogens (tertiary/aromatic N) is 3. The van der Waals surface area contributed by atoms with E-state index in [0.29, 0.717) is 58.2 Å². The van der Waals surface area contributed by atoms with E-state index >= 15 is 0 Å². The summed E-state index contributed by atoms with van der Waals surface area (Å²) in [5.74, 6) is 0.309. The van der Waals surface area contributed by atoms with Crippen molar-refractivity contribution in [3.63, 3.8) is 0 Å². The molecule has 156 valence electrons. The smallest absolute Gasteiger partial charge is 0.289 e. The van der Waals surface area contributed by atoms with Gasteiger partial charge in [0.05, 0.1) is 30.2 Å². The number of aromatic amines is 1. The molecule has 8 nitrogen and oxygen atoms in total. The summed E-state index contributed by atoms with van der Waals surface area (Å²) in [4.78, 5) is 37.6. The summed E-state index contributed by atoms with van der Waals surface area (Å²) < 4.78 is 5.36. The molecule has 0 bridgehead atoms. The van der Waals surface area contributed by atoms with Crippen LogP contribution in [0, 0.1) is 5.92 Å². The monoisotopic (exact) mass is 399 g/mol. The molecule has 0 spiro atoms. The van der Waals surface area contributed by atoms with Crippen molar-refractivity contribution in [3.8, 4) is 0 Å². The highest BCUT2D eigenvalue weighted by atomic mass is 16.5. The summed E-state index contributed by atoms with van der Waals surface area (Å²) in [5.41, 5.74) is 1.64. The van der Waals surface area contributed by atoms with E-state index in [2.05, 4.69) is 22.2 Å². The topological polar surface area (TPSA) is 90.6 Å². The molecule has 0 aliphatic carbocycles. The second-order valence-corrected chi connectivity index (χ2v) is 7.78. The number of imidazole rings is 1. The number of ether oxygens (including phenoxy) is 1. The van der Waals surface area contributed by atoms with Gasteiger partial charge in [0.15, 0.2) is 5.82 Å². The number of piperidine rings is 1. The number of morpholine rings is 1. The minimum Gasteiger partial charge on any atom is -0.378 e. The number of fused-ring (bicyclic) bond motifs is 1. The summed E-state index contributed by atoms with van der Waals surface area (Å²) in [5, 5.41) is 3.37. The second-order valence-electron chi connectivity index (χ2n) is 7.78. The largest absolute Gasteiger partial charge is 0.378 e. The van der Waals surface area contributed by atoms with Gasteiger partial charge < -0.3 is 24.8 Å². The average Bonchev–Trinajstić information content (AvgIpc) is 3.21. The third kappa shape index (κ3) is 4.28. The molecule has 3 heterocycles. The Morgan fingerprint density at radius 1 is 1.24 bits per heavy atom. The van der Waals surface area contributed by atoms with E-state index in [0.717, 1.165) is 17.5 Å². The van der Waals surface area contributed by atoms with Crippen molar-refractivity contribution < 1.29 is 14.3 Å². The van der Waals surface area contributed by atoms with Crippen LogP contribution in [0.25, 0.3) is 11.0 Å². The highest BCUT2D eigenvalue weighted by Gasteiger charge is 2.35. The van der Waals surface area contributed by atoms with Gasteiger partial charge in [0.2, 0.25) is 5.91 Å². The number of hydrogen-bond acceptors (Lipinski definition) is 5. The molecule has 8 heteroatoms. The zero-order valence-electron chi connectivity index (χ0n) is 16.9. The van der Waals surface area contributed by atoms with Crippen molar-refractivity contribution >= 4 is 22.8 Å². The van der Waals surface area contributed by atoms with Crippen LogP contribution in [0.1, 0.15) is 30.4 Å². The van der Waals surface area contributed by atoms with Crippen molar-refractivity contribution in [2.45, 2.75) is 25.8 Å². The van der Waals surface area contributed by atoms with Gasteiger partial charge in [0.25, 0.3) is 5.91 Å². The molecule has 0 saturated carbocycles. The summed E-state index contributed by atoms with van der Waals surface area (Å²) >= 11 is 0. The van der Waals surface area contributed by atoms with Gasteiger partial charge in [0.1, 0.15) is 0 Å². The van der Waals surface area contributed by atoms with Crippen LogP contribution in [-0.4, -0.2) is 83.6 Å². The molecule has 0 unspecified atom stereocenters. The Hall–Kier alpha value is -2.45. The van der Waals surface area contributed by atoms with E-state index in [1.165, 1.54) is 0 Å². The molecule has 2 saturated heterocycles. The molecule has 0 radical (unpaired) electrons. The molecule has 2 aliphatic heterocycles. The Morgan fingerprint density at radius 2 is 2.03 bits per heavy atom. The van der Waals surface area contributed by atoms with E-state index in [-0.39, 0.29) is 23.8 Å². The molecule has 2 atom stereocenters. The number of benzene rings is 1. The summed E-state index contributed by atoms with van der Waals surface area (Å²) in [7, 11) is 0. The SMILES string of the molecule is CCCN(C(=O)c1nc2ccccc2[nH]1)[C@@H]1CNC[C@H](C(=O)N2CCOCC2)C1. The lowest BCUT2D eigenvalue weighted by Crippen LogP contribution is -2.55. The van der Waals surface area contributed by atoms with Crippen molar-refractivity contribution in [2.75, 3.05) is 45.9 Å². The van der Waals surface area contributed by atoms with Gasteiger partial charge in [-0.2, -0.15) is 0 Å². The number of amides is 2. The molecule has 2 amide bonds. The van der Waals surface area contributed by atoms with Crippen molar-refractivity contribution in [1.29, 1.82) is 0 Å². The Kier molecular flexibility index (Phi) is 6.10. The number of rotatable bonds is 5. The molecule has 2 aromatic rings. The zero-order chi connectivity index (χ0) is 20.2. The van der Waals surface area contributed by atoms with E-state index in [9.17, 15) is 9.59 Å². The normalized spacial score (nSPS) is 22.6. The summed E-state index contributed by atoms with van der Waals surface area (Å²) in [6.07, 6.45) is 1.53. The van der Waals surface area contributed by atoms with E-state index < -0.39 is 0 Å². The summed E-state index contributed by atoms with van der Waals surface area (Å²) in [6, 6.07) is 7.62. The fourth-order valence-corrected chi connectivity index (χ4v) is 4.27. The van der Waals surface area contributed by atoms with E-state index in [1.807, 2.05) is 34.1 Å². The lowest BCUT2D eigenvalue weighted by atomic mass is 9.93. The van der Waals surface area contributed by atoms with Gasteiger partial charge in [0, 0.05) is 38.8 Å². The number of carbonyl (C=O) groups is 2. The Labute approximate surface area is 170 Å². The third-order valence-corrected chi connectivity index (χ3v) is 5.76. The van der Waals surface area contributed by atoms with Crippen LogP contribution in [0.15, 0.2) is 24.3 Å². The molecule has 2 fully saturated rings. The maximum absolute atomic E-state index is 13.3. The zero-order valence-corrected chi connectivity index (χ0v) is 16.9. The number of para-hydroxylation sites is 2. The van der Waals surface area contributed by atoms with E-state index in [4.69, 9.17) is 4.74 Å². The van der Waals surface area contributed by atoms with Crippen LogP contribution < -0.4 is 5.32 Å². The fraction of sp³-hybridized carbons (Fsp3) is 0.571. The Balaban J connectivity index is 1.49. The number of hydrogen-bond donors (Lipinski definition) is 2. The number of carbonyl (C=O) groups excluding carboxylic acids is 2. The molecular weight excluding hydrogens is 370 g/mol. The first-order chi connectivity index (χ1) is 14.2. The maximum atomic E-state index is 13.3. The maximum Gasteiger partial charge on any atom is 0.289 e. The van der Waals surface area contributed by atoms with Gasteiger partial charge in [-0.3, -0.25) is 9.59 Å². The molecule has 4 rings (SSSR count). The van der Waals surface area contributed by atoms with Crippen LogP contribution in [-0.2, 0) is 9.53 Å². The average molecular weight is 399 g/mol. The van der Waals surface area contributed by atoms with Crippen molar-refractivity contribution in [2.24, 2.45) is 5.92 Å². The molecule has 1 aromatic heterocycles. The number of aromatic nitrogens is 2.